The van der Waals surface area contributed by atoms with Gasteiger partial charge in [-0.15, -0.1) is 0 Å². The summed E-state index contributed by atoms with van der Waals surface area (Å²) in [5, 5.41) is 3.74. The highest BCUT2D eigenvalue weighted by molar-refractivity contribution is 9.10. The number of hydrogen-bond acceptors (Lipinski definition) is 2. The Morgan fingerprint density at radius 3 is 2.85 bits per heavy atom. The van der Waals surface area contributed by atoms with E-state index in [2.05, 4.69) is 52.2 Å². The van der Waals surface area contributed by atoms with Gasteiger partial charge in [0, 0.05) is 10.7 Å². The van der Waals surface area contributed by atoms with E-state index < -0.39 is 0 Å². The van der Waals surface area contributed by atoms with E-state index in [1.807, 2.05) is 6.20 Å². The minimum Gasteiger partial charge on any atom is -0.308 e. The van der Waals surface area contributed by atoms with E-state index in [1.54, 1.807) is 0 Å². The molecule has 0 bridgehead atoms. The SMILES string of the molecule is CCCNC(c1ccc(Br)cn1)C1CCCC(CC)C1. The molecular weight excluding hydrogens is 312 g/mol. The van der Waals surface area contributed by atoms with Crippen LogP contribution in [0.4, 0.5) is 0 Å². The third-order valence-electron chi connectivity index (χ3n) is 4.56. The topological polar surface area (TPSA) is 24.9 Å². The summed E-state index contributed by atoms with van der Waals surface area (Å²) in [7, 11) is 0. The molecule has 0 aromatic carbocycles. The van der Waals surface area contributed by atoms with Gasteiger partial charge in [0.15, 0.2) is 0 Å². The highest BCUT2D eigenvalue weighted by Crippen LogP contribution is 2.38. The van der Waals surface area contributed by atoms with Crippen LogP contribution in [0.25, 0.3) is 0 Å². The summed E-state index contributed by atoms with van der Waals surface area (Å²) in [5.74, 6) is 1.66. The van der Waals surface area contributed by atoms with Crippen LogP contribution in [0.2, 0.25) is 0 Å². The molecule has 3 heteroatoms. The molecule has 1 N–H and O–H groups in total. The first-order chi connectivity index (χ1) is 9.74. The van der Waals surface area contributed by atoms with Gasteiger partial charge in [0.2, 0.25) is 0 Å². The average molecular weight is 339 g/mol. The second-order valence-electron chi connectivity index (χ2n) is 6.03. The molecule has 1 aromatic rings. The molecule has 3 unspecified atom stereocenters. The van der Waals surface area contributed by atoms with Crippen LogP contribution in [0.1, 0.15) is 64.1 Å². The molecule has 0 saturated heterocycles. The van der Waals surface area contributed by atoms with Crippen LogP contribution in [0.5, 0.6) is 0 Å². The molecule has 1 saturated carbocycles. The Morgan fingerprint density at radius 2 is 2.20 bits per heavy atom. The van der Waals surface area contributed by atoms with Crippen LogP contribution < -0.4 is 5.32 Å². The van der Waals surface area contributed by atoms with E-state index in [4.69, 9.17) is 0 Å². The quantitative estimate of drug-likeness (QED) is 0.780. The van der Waals surface area contributed by atoms with Crippen LogP contribution in [-0.4, -0.2) is 11.5 Å². The summed E-state index contributed by atoms with van der Waals surface area (Å²) in [6.07, 6.45) is 9.92. The molecule has 2 rings (SSSR count). The third-order valence-corrected chi connectivity index (χ3v) is 5.02. The maximum absolute atomic E-state index is 4.65. The number of rotatable bonds is 6. The Bertz CT molecular complexity index is 390. The van der Waals surface area contributed by atoms with Crippen molar-refractivity contribution in [1.82, 2.24) is 10.3 Å². The first-order valence-electron chi connectivity index (χ1n) is 8.09. The zero-order valence-corrected chi connectivity index (χ0v) is 14.3. The molecule has 0 spiro atoms. The lowest BCUT2D eigenvalue weighted by Crippen LogP contribution is -2.32. The number of pyridine rings is 1. The van der Waals surface area contributed by atoms with Crippen molar-refractivity contribution < 1.29 is 0 Å². The van der Waals surface area contributed by atoms with Gasteiger partial charge in [-0.2, -0.15) is 0 Å². The zero-order chi connectivity index (χ0) is 14.4. The molecule has 20 heavy (non-hydrogen) atoms. The van der Waals surface area contributed by atoms with Gasteiger partial charge in [0.05, 0.1) is 11.7 Å². The van der Waals surface area contributed by atoms with E-state index >= 15 is 0 Å². The lowest BCUT2D eigenvalue weighted by Gasteiger charge is -2.34. The second-order valence-corrected chi connectivity index (χ2v) is 6.95. The molecule has 0 amide bonds. The van der Waals surface area contributed by atoms with Crippen LogP contribution in [0.15, 0.2) is 22.8 Å². The van der Waals surface area contributed by atoms with E-state index in [-0.39, 0.29) is 0 Å². The summed E-state index contributed by atoms with van der Waals surface area (Å²) in [5.41, 5.74) is 1.21. The van der Waals surface area contributed by atoms with Crippen LogP contribution in [0.3, 0.4) is 0 Å². The highest BCUT2D eigenvalue weighted by Gasteiger charge is 2.29. The number of halogens is 1. The van der Waals surface area contributed by atoms with Crippen molar-refractivity contribution in [1.29, 1.82) is 0 Å². The predicted octanol–water partition coefficient (Wildman–Crippen LogP) is 5.10. The van der Waals surface area contributed by atoms with Crippen molar-refractivity contribution in [2.45, 2.75) is 58.4 Å². The van der Waals surface area contributed by atoms with Gasteiger partial charge in [0.25, 0.3) is 0 Å². The van der Waals surface area contributed by atoms with Crippen molar-refractivity contribution in [2.75, 3.05) is 6.54 Å². The van der Waals surface area contributed by atoms with Gasteiger partial charge < -0.3 is 5.32 Å². The fraction of sp³-hybridized carbons (Fsp3) is 0.706. The Hall–Kier alpha value is -0.410. The van der Waals surface area contributed by atoms with Crippen molar-refractivity contribution in [3.63, 3.8) is 0 Å². The van der Waals surface area contributed by atoms with E-state index in [9.17, 15) is 0 Å². The molecule has 112 valence electrons. The van der Waals surface area contributed by atoms with E-state index in [1.165, 1.54) is 44.2 Å². The van der Waals surface area contributed by atoms with Gasteiger partial charge in [-0.3, -0.25) is 4.98 Å². The monoisotopic (exact) mass is 338 g/mol. The van der Waals surface area contributed by atoms with Crippen molar-refractivity contribution in [3.05, 3.63) is 28.5 Å². The summed E-state index contributed by atoms with van der Waals surface area (Å²) in [6, 6.07) is 4.72. The molecule has 1 aromatic heterocycles. The normalized spacial score (nSPS) is 24.6. The summed E-state index contributed by atoms with van der Waals surface area (Å²) < 4.78 is 1.06. The summed E-state index contributed by atoms with van der Waals surface area (Å²) in [4.78, 5) is 4.65. The van der Waals surface area contributed by atoms with Gasteiger partial charge in [0.1, 0.15) is 0 Å². The molecule has 0 radical (unpaired) electrons. The van der Waals surface area contributed by atoms with Crippen LogP contribution in [-0.2, 0) is 0 Å². The Labute approximate surface area is 131 Å². The van der Waals surface area contributed by atoms with Crippen molar-refractivity contribution >= 4 is 15.9 Å². The molecule has 1 fully saturated rings. The Kier molecular flexibility index (Phi) is 6.50. The lowest BCUT2D eigenvalue weighted by molar-refractivity contribution is 0.207. The minimum absolute atomic E-state index is 0.428. The summed E-state index contributed by atoms with van der Waals surface area (Å²) in [6.45, 7) is 5.64. The number of aromatic nitrogens is 1. The molecule has 1 heterocycles. The molecule has 2 nitrogen and oxygen atoms in total. The lowest BCUT2D eigenvalue weighted by atomic mass is 9.76. The first-order valence-corrected chi connectivity index (χ1v) is 8.88. The first kappa shape index (κ1) is 16.0. The van der Waals surface area contributed by atoms with Gasteiger partial charge in [-0.25, -0.2) is 0 Å². The molecule has 1 aliphatic rings. The molecule has 1 aliphatic carbocycles. The molecular formula is C17H27BrN2. The summed E-state index contributed by atoms with van der Waals surface area (Å²) >= 11 is 3.48. The standard InChI is InChI=1S/C17H27BrN2/c1-3-10-19-17(16-9-8-15(18)12-20-16)14-7-5-6-13(4-2)11-14/h8-9,12-14,17,19H,3-7,10-11H2,1-2H3. The molecule has 0 aliphatic heterocycles. The van der Waals surface area contributed by atoms with Crippen LogP contribution in [0, 0.1) is 11.8 Å². The zero-order valence-electron chi connectivity index (χ0n) is 12.7. The van der Waals surface area contributed by atoms with Gasteiger partial charge in [-0.1, -0.05) is 33.1 Å². The fourth-order valence-electron chi connectivity index (χ4n) is 3.39. The highest BCUT2D eigenvalue weighted by atomic mass is 79.9. The van der Waals surface area contributed by atoms with Gasteiger partial charge in [-0.05, 0) is 65.7 Å². The second kappa shape index (κ2) is 8.14. The third kappa shape index (κ3) is 4.29. The largest absolute Gasteiger partial charge is 0.308 e. The fourth-order valence-corrected chi connectivity index (χ4v) is 3.62. The number of hydrogen-bond donors (Lipinski definition) is 1. The van der Waals surface area contributed by atoms with Crippen LogP contribution >= 0.6 is 15.9 Å². The maximum Gasteiger partial charge on any atom is 0.0576 e. The van der Waals surface area contributed by atoms with Crippen molar-refractivity contribution in [3.8, 4) is 0 Å². The predicted molar refractivity (Wildman–Crippen MR) is 88.7 cm³/mol. The number of nitrogens with zero attached hydrogens (tertiary/aromatic N) is 1. The maximum atomic E-state index is 4.65. The Balaban J connectivity index is 2.11. The van der Waals surface area contributed by atoms with E-state index in [0.717, 1.165) is 22.9 Å². The number of nitrogens with one attached hydrogen (secondary N) is 1. The molecule has 3 atom stereocenters. The average Bonchev–Trinajstić information content (AvgIpc) is 2.49. The Morgan fingerprint density at radius 1 is 1.35 bits per heavy atom. The minimum atomic E-state index is 0.428. The van der Waals surface area contributed by atoms with Crippen molar-refractivity contribution in [2.24, 2.45) is 11.8 Å². The van der Waals surface area contributed by atoms with E-state index in [0.29, 0.717) is 6.04 Å². The van der Waals surface area contributed by atoms with Gasteiger partial charge >= 0.3 is 0 Å². The smallest absolute Gasteiger partial charge is 0.0576 e.